The molecule has 2 amide bonds. The van der Waals surface area contributed by atoms with Crippen LogP contribution in [0.3, 0.4) is 0 Å². The van der Waals surface area contributed by atoms with Crippen molar-refractivity contribution >= 4 is 11.8 Å². The lowest BCUT2D eigenvalue weighted by Crippen LogP contribution is -2.51. The van der Waals surface area contributed by atoms with E-state index in [9.17, 15) is 9.59 Å². The number of nitrogens with zero attached hydrogens (tertiary/aromatic N) is 4. The fourth-order valence-corrected chi connectivity index (χ4v) is 3.00. The van der Waals surface area contributed by atoms with Crippen LogP contribution >= 0.6 is 0 Å². The number of fused-ring (bicyclic) bond motifs is 1. The Labute approximate surface area is 129 Å². The van der Waals surface area contributed by atoms with E-state index in [0.717, 1.165) is 5.69 Å². The van der Waals surface area contributed by atoms with Gasteiger partial charge in [0.25, 0.3) is 0 Å². The Hall–Kier alpha value is -1.89. The van der Waals surface area contributed by atoms with Crippen LogP contribution in [0, 0.1) is 5.92 Å². The van der Waals surface area contributed by atoms with Gasteiger partial charge in [0.2, 0.25) is 11.8 Å². The number of morpholine rings is 1. The topological polar surface area (TPSA) is 67.7 Å². The number of hydrogen-bond donors (Lipinski definition) is 0. The molecule has 0 aliphatic carbocycles. The Bertz CT molecular complexity index is 563. The molecule has 1 aromatic heterocycles. The van der Waals surface area contributed by atoms with E-state index in [2.05, 4.69) is 5.10 Å². The zero-order chi connectivity index (χ0) is 15.7. The summed E-state index contributed by atoms with van der Waals surface area (Å²) in [7, 11) is 0. The Morgan fingerprint density at radius 1 is 1.27 bits per heavy atom. The van der Waals surface area contributed by atoms with Crippen molar-refractivity contribution in [2.24, 2.45) is 5.92 Å². The first kappa shape index (κ1) is 15.0. The van der Waals surface area contributed by atoms with Crippen LogP contribution in [-0.4, -0.2) is 64.2 Å². The number of rotatable bonds is 2. The molecule has 0 aromatic carbocycles. The number of hydrogen-bond acceptors (Lipinski definition) is 4. The molecule has 7 nitrogen and oxygen atoms in total. The Kier molecular flexibility index (Phi) is 4.15. The first-order valence-electron chi connectivity index (χ1n) is 7.75. The maximum atomic E-state index is 12.8. The first-order chi connectivity index (χ1) is 10.6. The molecule has 1 saturated heterocycles. The Morgan fingerprint density at radius 3 is 2.68 bits per heavy atom. The van der Waals surface area contributed by atoms with Crippen molar-refractivity contribution in [1.29, 1.82) is 0 Å². The number of ether oxygens (including phenoxy) is 1. The van der Waals surface area contributed by atoms with Crippen LogP contribution in [0.15, 0.2) is 12.3 Å². The van der Waals surface area contributed by atoms with E-state index in [-0.39, 0.29) is 17.7 Å². The average molecular weight is 306 g/mol. The van der Waals surface area contributed by atoms with Gasteiger partial charge in [-0.3, -0.25) is 14.3 Å². The minimum Gasteiger partial charge on any atom is -0.378 e. The maximum absolute atomic E-state index is 12.8. The highest BCUT2D eigenvalue weighted by atomic mass is 16.5. The van der Waals surface area contributed by atoms with Crippen LogP contribution in [0.4, 0.5) is 0 Å². The van der Waals surface area contributed by atoms with Gasteiger partial charge >= 0.3 is 0 Å². The third-order valence-electron chi connectivity index (χ3n) is 4.21. The van der Waals surface area contributed by atoms with E-state index in [1.54, 1.807) is 15.8 Å². The fraction of sp³-hybridized carbons (Fsp3) is 0.667. The van der Waals surface area contributed by atoms with Crippen molar-refractivity contribution in [2.75, 3.05) is 32.8 Å². The predicted octanol–water partition coefficient (Wildman–Crippen LogP) is 0.281. The van der Waals surface area contributed by atoms with Crippen LogP contribution < -0.4 is 0 Å². The van der Waals surface area contributed by atoms with Crippen molar-refractivity contribution < 1.29 is 14.3 Å². The molecule has 1 fully saturated rings. The molecule has 120 valence electrons. The number of amides is 2. The molecule has 1 aromatic rings. The molecule has 1 atom stereocenters. The van der Waals surface area contributed by atoms with Gasteiger partial charge < -0.3 is 14.5 Å². The zero-order valence-corrected chi connectivity index (χ0v) is 13.1. The second-order valence-electron chi connectivity index (χ2n) is 6.09. The van der Waals surface area contributed by atoms with E-state index < -0.39 is 6.04 Å². The van der Waals surface area contributed by atoms with Crippen LogP contribution in [0.2, 0.25) is 0 Å². The van der Waals surface area contributed by atoms with Crippen molar-refractivity contribution in [1.82, 2.24) is 19.6 Å². The smallest absolute Gasteiger partial charge is 0.249 e. The van der Waals surface area contributed by atoms with Crippen molar-refractivity contribution in [3.63, 3.8) is 0 Å². The van der Waals surface area contributed by atoms with Gasteiger partial charge in [-0.05, 0) is 6.07 Å². The largest absolute Gasteiger partial charge is 0.378 e. The second kappa shape index (κ2) is 6.08. The molecule has 7 heteroatoms. The molecular formula is C15H22N4O3. The molecule has 2 aliphatic heterocycles. The molecule has 0 saturated carbocycles. The third-order valence-corrected chi connectivity index (χ3v) is 4.21. The SMILES string of the molecule is CC(C)C(=O)N1Cc2ccnn2[C@H](C(=O)N2CCOCC2)C1. The minimum absolute atomic E-state index is 0.0227. The van der Waals surface area contributed by atoms with Crippen LogP contribution in [-0.2, 0) is 20.9 Å². The molecule has 3 heterocycles. The molecule has 0 unspecified atom stereocenters. The van der Waals surface area contributed by atoms with Crippen LogP contribution in [0.5, 0.6) is 0 Å². The van der Waals surface area contributed by atoms with Crippen LogP contribution in [0.1, 0.15) is 25.6 Å². The highest BCUT2D eigenvalue weighted by Crippen LogP contribution is 2.24. The van der Waals surface area contributed by atoms with Crippen LogP contribution in [0.25, 0.3) is 0 Å². The number of aromatic nitrogens is 2. The van der Waals surface area contributed by atoms with E-state index in [1.165, 1.54) is 0 Å². The lowest BCUT2D eigenvalue weighted by molar-refractivity contribution is -0.144. The summed E-state index contributed by atoms with van der Waals surface area (Å²) in [6.07, 6.45) is 1.69. The first-order valence-corrected chi connectivity index (χ1v) is 7.75. The van der Waals surface area contributed by atoms with E-state index >= 15 is 0 Å². The van der Waals surface area contributed by atoms with E-state index in [1.807, 2.05) is 24.8 Å². The highest BCUT2D eigenvalue weighted by Gasteiger charge is 2.36. The monoisotopic (exact) mass is 306 g/mol. The van der Waals surface area contributed by atoms with Crippen molar-refractivity contribution in [2.45, 2.75) is 26.4 Å². The summed E-state index contributed by atoms with van der Waals surface area (Å²) in [5, 5.41) is 4.29. The lowest BCUT2D eigenvalue weighted by Gasteiger charge is -2.37. The summed E-state index contributed by atoms with van der Waals surface area (Å²) in [6, 6.07) is 1.44. The van der Waals surface area contributed by atoms with Gasteiger partial charge in [-0.1, -0.05) is 13.8 Å². The number of carbonyl (C=O) groups is 2. The summed E-state index contributed by atoms with van der Waals surface area (Å²) in [4.78, 5) is 28.7. The molecule has 0 spiro atoms. The van der Waals surface area contributed by atoms with Gasteiger partial charge in [-0.2, -0.15) is 5.10 Å². The van der Waals surface area contributed by atoms with Gasteiger partial charge in [0.15, 0.2) is 0 Å². The molecule has 0 N–H and O–H groups in total. The minimum atomic E-state index is -0.431. The molecule has 0 bridgehead atoms. The standard InChI is InChI=1S/C15H22N4O3/c1-11(2)14(20)18-9-12-3-4-16-19(12)13(10-18)15(21)17-5-7-22-8-6-17/h3-4,11,13H,5-10H2,1-2H3/t13-/m0/s1. The Balaban J connectivity index is 1.83. The lowest BCUT2D eigenvalue weighted by atomic mass is 10.1. The molecular weight excluding hydrogens is 284 g/mol. The van der Waals surface area contributed by atoms with Gasteiger partial charge in [0.05, 0.1) is 32.0 Å². The zero-order valence-electron chi connectivity index (χ0n) is 13.1. The predicted molar refractivity (Wildman–Crippen MR) is 78.9 cm³/mol. The van der Waals surface area contributed by atoms with Crippen molar-refractivity contribution in [3.8, 4) is 0 Å². The van der Waals surface area contributed by atoms with Gasteiger partial charge in [0, 0.05) is 25.2 Å². The van der Waals surface area contributed by atoms with E-state index in [4.69, 9.17) is 4.74 Å². The highest BCUT2D eigenvalue weighted by molar-refractivity contribution is 5.83. The van der Waals surface area contributed by atoms with Gasteiger partial charge in [0.1, 0.15) is 6.04 Å². The summed E-state index contributed by atoms with van der Waals surface area (Å²) in [6.45, 7) is 7.01. The van der Waals surface area contributed by atoms with Gasteiger partial charge in [-0.15, -0.1) is 0 Å². The summed E-state index contributed by atoms with van der Waals surface area (Å²) >= 11 is 0. The third kappa shape index (κ3) is 2.72. The summed E-state index contributed by atoms with van der Waals surface area (Å²) in [5.41, 5.74) is 0.909. The number of carbonyl (C=O) groups excluding carboxylic acids is 2. The fourth-order valence-electron chi connectivity index (χ4n) is 3.00. The quantitative estimate of drug-likeness (QED) is 0.787. The molecule has 3 rings (SSSR count). The van der Waals surface area contributed by atoms with Crippen molar-refractivity contribution in [3.05, 3.63) is 18.0 Å². The molecule has 0 radical (unpaired) electrons. The average Bonchev–Trinajstić information content (AvgIpc) is 3.01. The summed E-state index contributed by atoms with van der Waals surface area (Å²) < 4.78 is 7.07. The molecule has 22 heavy (non-hydrogen) atoms. The second-order valence-corrected chi connectivity index (χ2v) is 6.09. The normalized spacial score (nSPS) is 21.9. The maximum Gasteiger partial charge on any atom is 0.249 e. The Morgan fingerprint density at radius 2 is 2.00 bits per heavy atom. The van der Waals surface area contributed by atoms with E-state index in [0.29, 0.717) is 39.4 Å². The molecule has 2 aliphatic rings. The van der Waals surface area contributed by atoms with Gasteiger partial charge in [-0.25, -0.2) is 0 Å². The summed E-state index contributed by atoms with van der Waals surface area (Å²) in [5.74, 6) is 0.0235.